The molecule has 0 spiro atoms. The van der Waals surface area contributed by atoms with Gasteiger partial charge in [0, 0.05) is 12.1 Å². The molecule has 4 aliphatic rings. The molecule has 2 amide bonds. The molecule has 1 heterocycles. The fraction of sp³-hybridized carbons (Fsp3) is 0.659. The van der Waals surface area contributed by atoms with E-state index in [2.05, 4.69) is 22.1 Å². The van der Waals surface area contributed by atoms with Gasteiger partial charge in [-0.3, -0.25) is 9.59 Å². The van der Waals surface area contributed by atoms with Gasteiger partial charge in [0.25, 0.3) is 0 Å². The lowest BCUT2D eigenvalue weighted by Crippen LogP contribution is -2.65. The molecule has 3 aromatic rings. The molecule has 1 aromatic heterocycles. The summed E-state index contributed by atoms with van der Waals surface area (Å²) in [4.78, 5) is 36.9. The molecule has 4 aliphatic carbocycles. The van der Waals surface area contributed by atoms with E-state index < -0.39 is 17.6 Å². The molecule has 52 heavy (non-hydrogen) atoms. The van der Waals surface area contributed by atoms with Crippen LogP contribution >= 0.6 is 0 Å². The lowest BCUT2D eigenvalue weighted by Gasteiger charge is -2.51. The summed E-state index contributed by atoms with van der Waals surface area (Å²) in [5, 5.41) is 7.22. The molecule has 0 aliphatic heterocycles. The molecular formula is C44H61FN4O3. The van der Waals surface area contributed by atoms with E-state index in [1.165, 1.54) is 18.9 Å². The zero-order valence-electron chi connectivity index (χ0n) is 31.4. The van der Waals surface area contributed by atoms with Crippen LogP contribution in [0.25, 0.3) is 11.0 Å². The highest BCUT2D eigenvalue weighted by molar-refractivity contribution is 5.95. The molecule has 282 valence electrons. The van der Waals surface area contributed by atoms with E-state index in [-0.39, 0.29) is 41.6 Å². The van der Waals surface area contributed by atoms with Gasteiger partial charge in [-0.1, -0.05) is 102 Å². The molecule has 2 N–H and O–H groups in total. The summed E-state index contributed by atoms with van der Waals surface area (Å²) in [7, 11) is 0. The maximum absolute atomic E-state index is 16.1. The fourth-order valence-corrected chi connectivity index (χ4v) is 10.5. The summed E-state index contributed by atoms with van der Waals surface area (Å²) in [6.07, 6.45) is 20.5. The number of fused-ring (bicyclic) bond motifs is 1. The van der Waals surface area contributed by atoms with Crippen molar-refractivity contribution in [2.24, 2.45) is 17.8 Å². The maximum atomic E-state index is 16.1. The number of aromatic nitrogens is 2. The number of rotatable bonds is 12. The summed E-state index contributed by atoms with van der Waals surface area (Å²) in [5.41, 5.74) is -0.0998. The maximum Gasteiger partial charge on any atom is 0.247 e. The van der Waals surface area contributed by atoms with E-state index in [0.29, 0.717) is 29.0 Å². The number of benzene rings is 2. The fourth-order valence-electron chi connectivity index (χ4n) is 10.5. The minimum atomic E-state index is -1.32. The lowest BCUT2D eigenvalue weighted by atomic mass is 9.60. The van der Waals surface area contributed by atoms with Gasteiger partial charge in [-0.05, 0) is 100.0 Å². The number of para-hydroxylation sites is 1. The number of imidazole rings is 1. The number of hydrogen-bond acceptors (Lipinski definition) is 4. The Hall–Kier alpha value is -3.42. The number of halogens is 1. The molecule has 7 rings (SSSR count). The van der Waals surface area contributed by atoms with Crippen molar-refractivity contribution in [3.8, 4) is 5.75 Å². The number of nitrogens with one attached hydrogen (secondary N) is 2. The van der Waals surface area contributed by atoms with Crippen molar-refractivity contribution in [1.29, 1.82) is 0 Å². The van der Waals surface area contributed by atoms with Crippen molar-refractivity contribution in [2.45, 2.75) is 165 Å². The SMILES string of the molecule is CCC(Oc1ccccc1)c1nc2ccc(F)cc2n1C(C(=O)NC1CCCCC1)(C1CCCCC1)C(C(=O)NC1CCCCC1)C1CCCCC1. The minimum absolute atomic E-state index is 0.00407. The van der Waals surface area contributed by atoms with E-state index in [1.54, 1.807) is 12.1 Å². The zero-order valence-corrected chi connectivity index (χ0v) is 31.4. The summed E-state index contributed by atoms with van der Waals surface area (Å²) in [5.74, 6) is 0.159. The standard InChI is InChI=1S/C44H61FN4O3/c1-2-39(52-36-26-16-7-17-27-36)41-48-37-29-28-33(45)30-38(37)49(41)44(32-20-10-4-11-21-32,43(51)47-35-24-14-6-15-25-35)40(31-18-8-3-9-19-31)42(50)46-34-22-12-5-13-23-34/h7,16-17,26-32,34-35,39-40H,2-6,8-15,18-25H2,1H3,(H,46,50)(H,47,51). The van der Waals surface area contributed by atoms with Crippen LogP contribution in [0.5, 0.6) is 5.75 Å². The van der Waals surface area contributed by atoms with Crippen LogP contribution in [0.4, 0.5) is 4.39 Å². The molecule has 2 aromatic carbocycles. The van der Waals surface area contributed by atoms with Crippen molar-refractivity contribution in [3.05, 3.63) is 60.2 Å². The first-order valence-corrected chi connectivity index (χ1v) is 21.0. The number of ether oxygens (including phenoxy) is 1. The Morgan fingerprint density at radius 2 is 1.37 bits per heavy atom. The highest BCUT2D eigenvalue weighted by Crippen LogP contribution is 2.52. The second kappa shape index (κ2) is 17.2. The second-order valence-electron chi connectivity index (χ2n) is 16.5. The van der Waals surface area contributed by atoms with Crippen LogP contribution in [0.1, 0.15) is 154 Å². The lowest BCUT2D eigenvalue weighted by molar-refractivity contribution is -0.151. The summed E-state index contributed by atoms with van der Waals surface area (Å²) < 4.78 is 24.5. The van der Waals surface area contributed by atoms with Crippen molar-refractivity contribution < 1.29 is 18.7 Å². The quantitative estimate of drug-likeness (QED) is 0.196. The van der Waals surface area contributed by atoms with E-state index in [9.17, 15) is 0 Å². The smallest absolute Gasteiger partial charge is 0.247 e. The van der Waals surface area contributed by atoms with E-state index >= 15 is 14.0 Å². The molecule has 7 nitrogen and oxygen atoms in total. The first kappa shape index (κ1) is 36.9. The number of hydrogen-bond donors (Lipinski definition) is 2. The van der Waals surface area contributed by atoms with Gasteiger partial charge in [-0.25, -0.2) is 9.37 Å². The van der Waals surface area contributed by atoms with Gasteiger partial charge in [-0.2, -0.15) is 0 Å². The number of nitrogens with zero attached hydrogens (tertiary/aromatic N) is 2. The number of amides is 2. The zero-order chi connectivity index (χ0) is 35.9. The van der Waals surface area contributed by atoms with Crippen LogP contribution in [-0.2, 0) is 15.1 Å². The Bertz CT molecular complexity index is 1620. The van der Waals surface area contributed by atoms with Crippen molar-refractivity contribution in [3.63, 3.8) is 0 Å². The largest absolute Gasteiger partial charge is 0.483 e. The van der Waals surface area contributed by atoms with Crippen molar-refractivity contribution in [2.75, 3.05) is 0 Å². The second-order valence-corrected chi connectivity index (χ2v) is 16.5. The normalized spacial score (nSPS) is 22.3. The van der Waals surface area contributed by atoms with Gasteiger partial charge < -0.3 is 19.9 Å². The predicted molar refractivity (Wildman–Crippen MR) is 204 cm³/mol. The van der Waals surface area contributed by atoms with Gasteiger partial charge >= 0.3 is 0 Å². The molecule has 0 radical (unpaired) electrons. The summed E-state index contributed by atoms with van der Waals surface area (Å²) in [6.45, 7) is 2.08. The van der Waals surface area contributed by atoms with E-state index in [4.69, 9.17) is 9.72 Å². The summed E-state index contributed by atoms with van der Waals surface area (Å²) in [6, 6.07) is 14.7. The summed E-state index contributed by atoms with van der Waals surface area (Å²) >= 11 is 0. The van der Waals surface area contributed by atoms with Crippen LogP contribution in [0.2, 0.25) is 0 Å². The molecule has 8 heteroatoms. The Morgan fingerprint density at radius 3 is 1.98 bits per heavy atom. The topological polar surface area (TPSA) is 85.2 Å². The molecule has 4 fully saturated rings. The average Bonchev–Trinajstić information content (AvgIpc) is 3.56. The first-order valence-electron chi connectivity index (χ1n) is 21.0. The number of carbonyl (C=O) groups is 2. The molecule has 3 unspecified atom stereocenters. The Labute approximate surface area is 310 Å². The van der Waals surface area contributed by atoms with Crippen LogP contribution in [-0.4, -0.2) is 33.4 Å². The number of carbonyl (C=O) groups excluding carboxylic acids is 2. The highest BCUT2D eigenvalue weighted by atomic mass is 19.1. The van der Waals surface area contributed by atoms with Crippen LogP contribution < -0.4 is 15.4 Å². The van der Waals surface area contributed by atoms with Crippen LogP contribution in [0.3, 0.4) is 0 Å². The monoisotopic (exact) mass is 712 g/mol. The Kier molecular flexibility index (Phi) is 12.2. The Morgan fingerprint density at radius 1 is 0.788 bits per heavy atom. The van der Waals surface area contributed by atoms with E-state index in [1.807, 2.05) is 30.3 Å². The molecular weight excluding hydrogens is 652 g/mol. The van der Waals surface area contributed by atoms with Crippen LogP contribution in [0.15, 0.2) is 48.5 Å². The molecule has 3 atom stereocenters. The van der Waals surface area contributed by atoms with Gasteiger partial charge in [0.15, 0.2) is 11.9 Å². The predicted octanol–water partition coefficient (Wildman–Crippen LogP) is 10.1. The van der Waals surface area contributed by atoms with E-state index in [0.717, 1.165) is 116 Å². The van der Waals surface area contributed by atoms with Crippen LogP contribution in [0, 0.1) is 23.6 Å². The molecule has 0 bridgehead atoms. The van der Waals surface area contributed by atoms with Gasteiger partial charge in [0.2, 0.25) is 11.8 Å². The van der Waals surface area contributed by atoms with Gasteiger partial charge in [0.1, 0.15) is 17.1 Å². The molecule has 0 saturated heterocycles. The molecule has 4 saturated carbocycles. The first-order chi connectivity index (χ1) is 25.5. The minimum Gasteiger partial charge on any atom is -0.483 e. The van der Waals surface area contributed by atoms with Crippen molar-refractivity contribution >= 4 is 22.8 Å². The highest BCUT2D eigenvalue weighted by Gasteiger charge is 2.60. The van der Waals surface area contributed by atoms with Gasteiger partial charge in [-0.15, -0.1) is 0 Å². The Balaban J connectivity index is 1.50. The van der Waals surface area contributed by atoms with Crippen molar-refractivity contribution in [1.82, 2.24) is 20.2 Å². The average molecular weight is 713 g/mol. The third kappa shape index (κ3) is 7.77. The third-order valence-corrected chi connectivity index (χ3v) is 13.1. The van der Waals surface area contributed by atoms with Gasteiger partial charge in [0.05, 0.1) is 17.0 Å². The third-order valence-electron chi connectivity index (χ3n) is 13.1.